The van der Waals surface area contributed by atoms with Gasteiger partial charge in [-0.1, -0.05) is 0 Å². The molecule has 0 atom stereocenters. The topological polar surface area (TPSA) is 94.1 Å². The van der Waals surface area contributed by atoms with Crippen molar-refractivity contribution in [3.05, 3.63) is 17.7 Å². The molecule has 1 fully saturated rings. The molecule has 0 unspecified atom stereocenters. The highest BCUT2D eigenvalue weighted by Crippen LogP contribution is 2.39. The molecule has 22 heavy (non-hydrogen) atoms. The summed E-state index contributed by atoms with van der Waals surface area (Å²) in [4.78, 5) is 23.7. The summed E-state index contributed by atoms with van der Waals surface area (Å²) in [6.07, 6.45) is 1.64. The number of amides is 1. The van der Waals surface area contributed by atoms with Crippen LogP contribution in [0.4, 0.5) is 0 Å². The minimum Gasteiger partial charge on any atom is -0.493 e. The van der Waals surface area contributed by atoms with Gasteiger partial charge in [0, 0.05) is 5.56 Å². The highest BCUT2D eigenvalue weighted by Gasteiger charge is 2.45. The van der Waals surface area contributed by atoms with Crippen LogP contribution in [0, 0.1) is 0 Å². The number of ether oxygens (including phenoxy) is 3. The third-order valence-electron chi connectivity index (χ3n) is 3.90. The van der Waals surface area contributed by atoms with Gasteiger partial charge in [0.15, 0.2) is 11.5 Å². The molecule has 0 aromatic heterocycles. The van der Waals surface area contributed by atoms with Crippen LogP contribution in [0.25, 0.3) is 0 Å². The van der Waals surface area contributed by atoms with E-state index in [0.717, 1.165) is 6.42 Å². The molecule has 0 bridgehead atoms. The van der Waals surface area contributed by atoms with Crippen LogP contribution >= 0.6 is 0 Å². The summed E-state index contributed by atoms with van der Waals surface area (Å²) in [5.41, 5.74) is -0.917. The van der Waals surface area contributed by atoms with Gasteiger partial charge in [-0.05, 0) is 31.4 Å². The highest BCUT2D eigenvalue weighted by atomic mass is 16.5. The average molecular weight is 309 g/mol. The molecule has 0 saturated heterocycles. The van der Waals surface area contributed by atoms with Crippen LogP contribution in [-0.4, -0.2) is 43.9 Å². The molecule has 0 radical (unpaired) electrons. The predicted octanol–water partition coefficient (Wildman–Crippen LogP) is 1.45. The van der Waals surface area contributed by atoms with E-state index in [-0.39, 0.29) is 5.56 Å². The van der Waals surface area contributed by atoms with Gasteiger partial charge in [-0.15, -0.1) is 0 Å². The maximum atomic E-state index is 12.4. The normalized spacial score (nSPS) is 15.4. The van der Waals surface area contributed by atoms with Crippen molar-refractivity contribution >= 4 is 11.9 Å². The van der Waals surface area contributed by atoms with E-state index in [0.29, 0.717) is 30.1 Å². The summed E-state index contributed by atoms with van der Waals surface area (Å²) in [6, 6.07) is 2.98. The molecule has 7 heteroatoms. The fourth-order valence-corrected chi connectivity index (χ4v) is 2.42. The van der Waals surface area contributed by atoms with Gasteiger partial charge in [-0.3, -0.25) is 4.79 Å². The van der Waals surface area contributed by atoms with Crippen molar-refractivity contribution in [1.29, 1.82) is 0 Å². The van der Waals surface area contributed by atoms with Crippen LogP contribution in [0.1, 0.15) is 29.6 Å². The fourth-order valence-electron chi connectivity index (χ4n) is 2.42. The van der Waals surface area contributed by atoms with Crippen molar-refractivity contribution in [3.63, 3.8) is 0 Å². The molecule has 0 aliphatic heterocycles. The zero-order valence-corrected chi connectivity index (χ0v) is 12.8. The minimum absolute atomic E-state index is 0.252. The van der Waals surface area contributed by atoms with Gasteiger partial charge in [-0.2, -0.15) is 0 Å². The number of nitrogens with one attached hydrogen (secondary N) is 1. The number of carbonyl (C=O) groups excluding carboxylic acids is 1. The zero-order valence-electron chi connectivity index (χ0n) is 12.8. The van der Waals surface area contributed by atoms with Crippen LogP contribution < -0.4 is 19.5 Å². The molecule has 120 valence electrons. The van der Waals surface area contributed by atoms with Gasteiger partial charge in [0.25, 0.3) is 5.91 Å². The van der Waals surface area contributed by atoms with Crippen LogP contribution in [0.15, 0.2) is 12.1 Å². The Hall–Kier alpha value is -2.44. The molecule has 1 aromatic rings. The van der Waals surface area contributed by atoms with E-state index in [1.165, 1.54) is 33.5 Å². The third-order valence-corrected chi connectivity index (χ3v) is 3.90. The lowest BCUT2D eigenvalue weighted by Crippen LogP contribution is -2.59. The number of hydrogen-bond acceptors (Lipinski definition) is 5. The lowest BCUT2D eigenvalue weighted by molar-refractivity contribution is -0.148. The second kappa shape index (κ2) is 6.13. The first-order chi connectivity index (χ1) is 10.5. The van der Waals surface area contributed by atoms with E-state index in [2.05, 4.69) is 5.32 Å². The molecule has 1 aliphatic carbocycles. The molecular formula is C15H19NO6. The quantitative estimate of drug-likeness (QED) is 0.826. The van der Waals surface area contributed by atoms with Crippen molar-refractivity contribution in [2.24, 2.45) is 0 Å². The van der Waals surface area contributed by atoms with Crippen LogP contribution in [-0.2, 0) is 4.79 Å². The van der Waals surface area contributed by atoms with Gasteiger partial charge < -0.3 is 24.6 Å². The minimum atomic E-state index is -1.17. The molecule has 1 aromatic carbocycles. The average Bonchev–Trinajstić information content (AvgIpc) is 2.48. The van der Waals surface area contributed by atoms with E-state index in [1.54, 1.807) is 0 Å². The van der Waals surface area contributed by atoms with Crippen molar-refractivity contribution in [2.75, 3.05) is 21.3 Å². The van der Waals surface area contributed by atoms with Gasteiger partial charge in [0.1, 0.15) is 5.54 Å². The Morgan fingerprint density at radius 2 is 1.64 bits per heavy atom. The number of carboxylic acids is 1. The Kier molecular flexibility index (Phi) is 4.44. The molecule has 2 N–H and O–H groups in total. The highest BCUT2D eigenvalue weighted by molar-refractivity contribution is 5.99. The Bertz CT molecular complexity index is 569. The summed E-state index contributed by atoms with van der Waals surface area (Å²) >= 11 is 0. The second-order valence-electron chi connectivity index (χ2n) is 5.11. The zero-order chi connectivity index (χ0) is 16.3. The molecule has 7 nitrogen and oxygen atoms in total. The SMILES string of the molecule is COc1cc(C(=O)NC2(C(=O)O)CCC2)cc(OC)c1OC. The summed E-state index contributed by atoms with van der Waals surface area (Å²) in [5.74, 6) is -0.450. The smallest absolute Gasteiger partial charge is 0.329 e. The fraction of sp³-hybridized carbons (Fsp3) is 0.467. The molecular weight excluding hydrogens is 290 g/mol. The van der Waals surface area contributed by atoms with E-state index in [4.69, 9.17) is 14.2 Å². The largest absolute Gasteiger partial charge is 0.493 e. The predicted molar refractivity (Wildman–Crippen MR) is 77.8 cm³/mol. The van der Waals surface area contributed by atoms with Crippen molar-refractivity contribution in [2.45, 2.75) is 24.8 Å². The van der Waals surface area contributed by atoms with Gasteiger partial charge >= 0.3 is 5.97 Å². The standard InChI is InChI=1S/C15H19NO6/c1-20-10-7-9(8-11(21-2)12(10)22-3)13(17)16-15(14(18)19)5-4-6-15/h7-8H,4-6H2,1-3H3,(H,16,17)(H,18,19). The third kappa shape index (κ3) is 2.66. The van der Waals surface area contributed by atoms with Gasteiger partial charge in [0.2, 0.25) is 5.75 Å². The molecule has 0 spiro atoms. The first kappa shape index (κ1) is 15.9. The van der Waals surface area contributed by atoms with Crippen molar-refractivity contribution < 1.29 is 28.9 Å². The second-order valence-corrected chi connectivity index (χ2v) is 5.11. The Balaban J connectivity index is 2.32. The van der Waals surface area contributed by atoms with Crippen LogP contribution in [0.5, 0.6) is 17.2 Å². The van der Waals surface area contributed by atoms with E-state index >= 15 is 0 Å². The molecule has 0 heterocycles. The summed E-state index contributed by atoms with van der Waals surface area (Å²) in [7, 11) is 4.36. The Morgan fingerprint density at radius 1 is 1.09 bits per heavy atom. The number of benzene rings is 1. The van der Waals surface area contributed by atoms with E-state index in [1.807, 2.05) is 0 Å². The number of methoxy groups -OCH3 is 3. The van der Waals surface area contributed by atoms with Crippen LogP contribution in [0.2, 0.25) is 0 Å². The lowest BCUT2D eigenvalue weighted by Gasteiger charge is -2.38. The first-order valence-corrected chi connectivity index (χ1v) is 6.83. The lowest BCUT2D eigenvalue weighted by atomic mass is 9.76. The van der Waals surface area contributed by atoms with Gasteiger partial charge in [0.05, 0.1) is 21.3 Å². The number of hydrogen-bond donors (Lipinski definition) is 2. The Morgan fingerprint density at radius 3 is 1.95 bits per heavy atom. The Labute approximate surface area is 128 Å². The van der Waals surface area contributed by atoms with E-state index in [9.17, 15) is 14.7 Å². The summed E-state index contributed by atoms with van der Waals surface area (Å²) in [6.45, 7) is 0. The molecule has 1 amide bonds. The van der Waals surface area contributed by atoms with E-state index < -0.39 is 17.4 Å². The maximum Gasteiger partial charge on any atom is 0.329 e. The molecule has 2 rings (SSSR count). The monoisotopic (exact) mass is 309 g/mol. The molecule has 1 aliphatic rings. The maximum absolute atomic E-state index is 12.4. The number of aliphatic carboxylic acids is 1. The summed E-state index contributed by atoms with van der Waals surface area (Å²) < 4.78 is 15.6. The number of rotatable bonds is 6. The van der Waals surface area contributed by atoms with Crippen LogP contribution in [0.3, 0.4) is 0 Å². The number of carbonyl (C=O) groups is 2. The number of carboxylic acid groups (broad SMARTS) is 1. The first-order valence-electron chi connectivity index (χ1n) is 6.83. The van der Waals surface area contributed by atoms with Gasteiger partial charge in [-0.25, -0.2) is 4.79 Å². The molecule has 1 saturated carbocycles. The van der Waals surface area contributed by atoms with Crippen molar-refractivity contribution in [3.8, 4) is 17.2 Å². The summed E-state index contributed by atoms with van der Waals surface area (Å²) in [5, 5.41) is 11.9. The van der Waals surface area contributed by atoms with Crippen molar-refractivity contribution in [1.82, 2.24) is 5.32 Å².